The summed E-state index contributed by atoms with van der Waals surface area (Å²) in [5.41, 5.74) is -1.91. The van der Waals surface area contributed by atoms with Crippen LogP contribution in [0, 0.1) is 11.3 Å². The Morgan fingerprint density at radius 1 is 0.789 bits per heavy atom. The van der Waals surface area contributed by atoms with Crippen molar-refractivity contribution in [3.63, 3.8) is 0 Å². The van der Waals surface area contributed by atoms with E-state index in [2.05, 4.69) is 4.74 Å². The summed E-state index contributed by atoms with van der Waals surface area (Å²) in [6, 6.07) is 0. The maximum Gasteiger partial charge on any atom is 0.372 e. The molecule has 0 aromatic rings. The van der Waals surface area contributed by atoms with Gasteiger partial charge in [-0.2, -0.15) is 43.9 Å². The van der Waals surface area contributed by atoms with Crippen LogP contribution in [0.2, 0.25) is 0 Å². The van der Waals surface area contributed by atoms with Gasteiger partial charge in [-0.3, -0.25) is 9.59 Å². The molecule has 0 saturated carbocycles. The average molecular weight is 586 g/mol. The van der Waals surface area contributed by atoms with Crippen molar-refractivity contribution in [3.8, 4) is 0 Å². The summed E-state index contributed by atoms with van der Waals surface area (Å²) in [5.74, 6) is -34.4. The highest BCUT2D eigenvalue weighted by Gasteiger charge is 2.75. The third-order valence-electron chi connectivity index (χ3n) is 5.93. The number of hydrogen-bond acceptors (Lipinski definition) is 4. The zero-order valence-electron chi connectivity index (χ0n) is 21.1. The highest BCUT2D eigenvalue weighted by Crippen LogP contribution is 2.53. The largest absolute Gasteiger partial charge is 0.462 e. The van der Waals surface area contributed by atoms with Crippen LogP contribution < -0.4 is 0 Å². The molecular weight excluding hydrogens is 556 g/mol. The standard InChI is InChI=1S/C22H30F12O4/c1-6-13(12(3)4)38-15(35)9-17(5,7-2)16(36)37-11-21(31,32)19(27,28)10-20(29,30)22(33,34)18(25,26)8-14(23)24/h12-14H,6-11H2,1-5H3. The maximum atomic E-state index is 14.0. The molecule has 2 atom stereocenters. The molecule has 0 aliphatic carbocycles. The quantitative estimate of drug-likeness (QED) is 0.139. The first kappa shape index (κ1) is 36.1. The molecule has 16 heteroatoms. The molecule has 0 aliphatic rings. The average Bonchev–Trinajstić information content (AvgIpc) is 2.73. The zero-order chi connectivity index (χ0) is 30.5. The van der Waals surface area contributed by atoms with Crippen molar-refractivity contribution in [3.05, 3.63) is 0 Å². The van der Waals surface area contributed by atoms with Gasteiger partial charge in [-0.25, -0.2) is 8.78 Å². The SMILES string of the molecule is CCC(OC(=O)CC(C)(CC)C(=O)OCC(F)(F)C(F)(F)CC(F)(F)C(F)(F)C(F)(F)CC(F)F)C(C)C. The zero-order valence-corrected chi connectivity index (χ0v) is 21.1. The molecular formula is C22H30F12O4. The summed E-state index contributed by atoms with van der Waals surface area (Å²) in [6.07, 6.45) is -12.5. The molecule has 0 heterocycles. The van der Waals surface area contributed by atoms with Crippen molar-refractivity contribution >= 4 is 11.9 Å². The summed E-state index contributed by atoms with van der Waals surface area (Å²) in [7, 11) is 0. The molecule has 38 heavy (non-hydrogen) atoms. The number of ether oxygens (including phenoxy) is 2. The number of rotatable bonds is 16. The summed E-state index contributed by atoms with van der Waals surface area (Å²) in [6.45, 7) is 4.80. The Morgan fingerprint density at radius 3 is 1.68 bits per heavy atom. The molecule has 2 unspecified atom stereocenters. The van der Waals surface area contributed by atoms with E-state index >= 15 is 0 Å². The number of esters is 2. The summed E-state index contributed by atoms with van der Waals surface area (Å²) in [5, 5.41) is 0. The Labute approximate surface area is 211 Å². The predicted octanol–water partition coefficient (Wildman–Crippen LogP) is 7.54. The van der Waals surface area contributed by atoms with Crippen LogP contribution in [0.4, 0.5) is 52.7 Å². The van der Waals surface area contributed by atoms with Gasteiger partial charge < -0.3 is 9.47 Å². The molecule has 0 aromatic heterocycles. The topological polar surface area (TPSA) is 52.6 Å². The van der Waals surface area contributed by atoms with Crippen molar-refractivity contribution in [1.29, 1.82) is 0 Å². The van der Waals surface area contributed by atoms with Crippen LogP contribution >= 0.6 is 0 Å². The lowest BCUT2D eigenvalue weighted by molar-refractivity contribution is -0.341. The fourth-order valence-corrected chi connectivity index (χ4v) is 3.11. The van der Waals surface area contributed by atoms with Gasteiger partial charge in [-0.1, -0.05) is 27.7 Å². The monoisotopic (exact) mass is 586 g/mol. The van der Waals surface area contributed by atoms with E-state index in [0.717, 1.165) is 6.92 Å². The molecule has 0 aromatic carbocycles. The highest BCUT2D eigenvalue weighted by molar-refractivity contribution is 5.83. The van der Waals surface area contributed by atoms with Gasteiger partial charge in [0.1, 0.15) is 6.10 Å². The Hall–Kier alpha value is -1.90. The number of halogens is 12. The van der Waals surface area contributed by atoms with Crippen molar-refractivity contribution in [2.45, 2.75) is 109 Å². The first-order chi connectivity index (χ1) is 16.8. The van der Waals surface area contributed by atoms with Gasteiger partial charge in [-0.15, -0.1) is 0 Å². The molecule has 226 valence electrons. The van der Waals surface area contributed by atoms with Crippen LogP contribution in [0.3, 0.4) is 0 Å². The van der Waals surface area contributed by atoms with E-state index in [4.69, 9.17) is 4.74 Å². The van der Waals surface area contributed by atoms with Crippen molar-refractivity contribution in [1.82, 2.24) is 0 Å². The van der Waals surface area contributed by atoms with E-state index < -0.39 is 85.4 Å². The van der Waals surface area contributed by atoms with Gasteiger partial charge in [-0.05, 0) is 25.7 Å². The second kappa shape index (κ2) is 12.5. The Kier molecular flexibility index (Phi) is 11.9. The lowest BCUT2D eigenvalue weighted by Gasteiger charge is -2.36. The fraction of sp³-hybridized carbons (Fsp3) is 0.909. The minimum Gasteiger partial charge on any atom is -0.462 e. The van der Waals surface area contributed by atoms with Crippen LogP contribution in [0.5, 0.6) is 0 Å². The van der Waals surface area contributed by atoms with Crippen LogP contribution in [0.25, 0.3) is 0 Å². The van der Waals surface area contributed by atoms with E-state index in [1.54, 1.807) is 20.8 Å². The van der Waals surface area contributed by atoms with Crippen LogP contribution in [-0.2, 0) is 19.1 Å². The lowest BCUT2D eigenvalue weighted by Crippen LogP contribution is -2.59. The number of hydrogen-bond donors (Lipinski definition) is 0. The molecule has 0 saturated heterocycles. The van der Waals surface area contributed by atoms with Crippen LogP contribution in [0.1, 0.15) is 66.7 Å². The van der Waals surface area contributed by atoms with Gasteiger partial charge >= 0.3 is 41.6 Å². The molecule has 0 rings (SSSR count). The van der Waals surface area contributed by atoms with Gasteiger partial charge in [0.25, 0.3) is 0 Å². The second-order valence-electron chi connectivity index (χ2n) is 9.51. The van der Waals surface area contributed by atoms with Gasteiger partial charge in [0.15, 0.2) is 6.61 Å². The minimum atomic E-state index is -6.86. The van der Waals surface area contributed by atoms with Gasteiger partial charge in [0.05, 0.1) is 24.7 Å². The van der Waals surface area contributed by atoms with Crippen molar-refractivity contribution in [2.75, 3.05) is 6.61 Å². The van der Waals surface area contributed by atoms with E-state index in [9.17, 15) is 62.3 Å². The molecule has 4 nitrogen and oxygen atoms in total. The Bertz CT molecular complexity index is 801. The smallest absolute Gasteiger partial charge is 0.372 e. The van der Waals surface area contributed by atoms with Gasteiger partial charge in [0, 0.05) is 0 Å². The lowest BCUT2D eigenvalue weighted by atomic mass is 9.84. The van der Waals surface area contributed by atoms with E-state index in [-0.39, 0.29) is 12.3 Å². The second-order valence-corrected chi connectivity index (χ2v) is 9.51. The summed E-state index contributed by atoms with van der Waals surface area (Å²) < 4.78 is 170. The molecule has 0 N–H and O–H groups in total. The Balaban J connectivity index is 5.61. The predicted molar refractivity (Wildman–Crippen MR) is 109 cm³/mol. The van der Waals surface area contributed by atoms with Crippen LogP contribution in [0.15, 0.2) is 0 Å². The summed E-state index contributed by atoms with van der Waals surface area (Å²) in [4.78, 5) is 24.5. The first-order valence-corrected chi connectivity index (χ1v) is 11.4. The Morgan fingerprint density at radius 2 is 1.29 bits per heavy atom. The van der Waals surface area contributed by atoms with E-state index in [1.165, 1.54) is 6.92 Å². The maximum absolute atomic E-state index is 14.0. The number of carbonyl (C=O) groups is 2. The fourth-order valence-electron chi connectivity index (χ4n) is 3.11. The third-order valence-corrected chi connectivity index (χ3v) is 5.93. The molecule has 0 amide bonds. The van der Waals surface area contributed by atoms with Crippen LogP contribution in [-0.4, -0.2) is 60.7 Å². The third kappa shape index (κ3) is 8.55. The van der Waals surface area contributed by atoms with E-state index in [1.807, 2.05) is 0 Å². The summed E-state index contributed by atoms with van der Waals surface area (Å²) >= 11 is 0. The molecule has 0 radical (unpaired) electrons. The number of alkyl halides is 12. The number of carbonyl (C=O) groups excluding carboxylic acids is 2. The molecule has 0 spiro atoms. The minimum absolute atomic E-state index is 0.134. The van der Waals surface area contributed by atoms with Gasteiger partial charge in [0.2, 0.25) is 6.43 Å². The molecule has 0 aliphatic heterocycles. The van der Waals surface area contributed by atoms with Crippen molar-refractivity contribution < 1.29 is 71.7 Å². The van der Waals surface area contributed by atoms with Crippen molar-refractivity contribution in [2.24, 2.45) is 11.3 Å². The molecule has 0 bridgehead atoms. The normalized spacial score (nSPS) is 16.4. The highest BCUT2D eigenvalue weighted by atomic mass is 19.4. The van der Waals surface area contributed by atoms with E-state index in [0.29, 0.717) is 6.42 Å². The first-order valence-electron chi connectivity index (χ1n) is 11.4. The molecule has 0 fully saturated rings.